The van der Waals surface area contributed by atoms with E-state index in [0.29, 0.717) is 23.2 Å². The predicted molar refractivity (Wildman–Crippen MR) is 115 cm³/mol. The number of anilines is 1. The van der Waals surface area contributed by atoms with Crippen molar-refractivity contribution in [1.82, 2.24) is 20.3 Å². The number of aromatic nitrogens is 3. The van der Waals surface area contributed by atoms with Crippen molar-refractivity contribution >= 4 is 16.9 Å². The van der Waals surface area contributed by atoms with Crippen LogP contribution in [0.25, 0.3) is 11.0 Å². The van der Waals surface area contributed by atoms with Crippen molar-refractivity contribution in [2.75, 3.05) is 18.4 Å². The van der Waals surface area contributed by atoms with Crippen LogP contribution in [-0.2, 0) is 0 Å². The highest BCUT2D eigenvalue weighted by Crippen LogP contribution is 2.33. The van der Waals surface area contributed by atoms with Crippen LogP contribution < -0.4 is 10.6 Å². The summed E-state index contributed by atoms with van der Waals surface area (Å²) >= 11 is 0. The van der Waals surface area contributed by atoms with E-state index in [4.69, 9.17) is 4.98 Å². The van der Waals surface area contributed by atoms with E-state index in [2.05, 4.69) is 26.7 Å². The number of aryl methyl sites for hydroxylation is 2. The van der Waals surface area contributed by atoms with Gasteiger partial charge in [-0.3, -0.25) is 0 Å². The SMILES string of the molecule is Cc1nc(N[C@H](C)c2cccc(C(F)F)c2F)c2cc(C3CCNCC3)c(C)nc2n1. The molecule has 1 atom stereocenters. The monoisotopic (exact) mass is 429 g/mol. The fourth-order valence-electron chi connectivity index (χ4n) is 4.28. The second kappa shape index (κ2) is 8.78. The highest BCUT2D eigenvalue weighted by Gasteiger charge is 2.22. The standard InChI is InChI=1S/C23H26F3N5/c1-12(16-5-4-6-17(20(16)24)21(25)26)28-22-19-11-18(15-7-9-27-10-8-15)13(2)29-23(19)31-14(3)30-22/h4-6,11-12,15,21,27H,7-10H2,1-3H3,(H,28,29,30,31)/t12-/m1/s1. The lowest BCUT2D eigenvalue weighted by Gasteiger charge is -2.25. The van der Waals surface area contributed by atoms with E-state index < -0.39 is 23.8 Å². The number of pyridine rings is 1. The Labute approximate surface area is 179 Å². The van der Waals surface area contributed by atoms with E-state index in [9.17, 15) is 13.2 Å². The van der Waals surface area contributed by atoms with Crippen LogP contribution in [0.2, 0.25) is 0 Å². The molecule has 3 aromatic rings. The third-order valence-corrected chi connectivity index (χ3v) is 5.92. The molecule has 0 spiro atoms. The van der Waals surface area contributed by atoms with Gasteiger partial charge >= 0.3 is 0 Å². The lowest BCUT2D eigenvalue weighted by molar-refractivity contribution is 0.146. The lowest BCUT2D eigenvalue weighted by atomic mass is 9.89. The molecule has 1 aromatic carbocycles. The van der Waals surface area contributed by atoms with Crippen molar-refractivity contribution in [3.63, 3.8) is 0 Å². The van der Waals surface area contributed by atoms with Gasteiger partial charge in [0.1, 0.15) is 17.5 Å². The second-order valence-corrected chi connectivity index (χ2v) is 8.10. The Morgan fingerprint density at radius 1 is 1.06 bits per heavy atom. The Bertz CT molecular complexity index is 1100. The summed E-state index contributed by atoms with van der Waals surface area (Å²) in [4.78, 5) is 13.7. The molecule has 0 unspecified atom stereocenters. The van der Waals surface area contributed by atoms with Crippen LogP contribution >= 0.6 is 0 Å². The number of hydrogen-bond donors (Lipinski definition) is 2. The average Bonchev–Trinajstić information content (AvgIpc) is 2.73. The minimum atomic E-state index is -2.87. The number of rotatable bonds is 5. The van der Waals surface area contributed by atoms with Crippen LogP contribution in [0, 0.1) is 19.7 Å². The van der Waals surface area contributed by atoms with E-state index in [1.807, 2.05) is 6.92 Å². The first-order valence-electron chi connectivity index (χ1n) is 10.5. The van der Waals surface area contributed by atoms with Gasteiger partial charge in [-0.15, -0.1) is 0 Å². The molecule has 0 saturated carbocycles. The Kier molecular flexibility index (Phi) is 6.09. The van der Waals surface area contributed by atoms with Gasteiger partial charge in [-0.2, -0.15) is 0 Å². The first-order valence-corrected chi connectivity index (χ1v) is 10.5. The molecule has 4 rings (SSSR count). The molecule has 8 heteroatoms. The third-order valence-electron chi connectivity index (χ3n) is 5.92. The molecule has 0 amide bonds. The van der Waals surface area contributed by atoms with Crippen LogP contribution in [0.1, 0.15) is 66.4 Å². The van der Waals surface area contributed by atoms with Gasteiger partial charge in [-0.25, -0.2) is 28.1 Å². The summed E-state index contributed by atoms with van der Waals surface area (Å²) < 4.78 is 40.9. The van der Waals surface area contributed by atoms with Crippen molar-refractivity contribution in [2.24, 2.45) is 0 Å². The van der Waals surface area contributed by atoms with Crippen molar-refractivity contribution in [3.05, 3.63) is 58.3 Å². The van der Waals surface area contributed by atoms with Crippen molar-refractivity contribution in [3.8, 4) is 0 Å². The topological polar surface area (TPSA) is 62.7 Å². The minimum absolute atomic E-state index is 0.167. The first-order chi connectivity index (χ1) is 14.8. The van der Waals surface area contributed by atoms with Gasteiger partial charge in [-0.1, -0.05) is 18.2 Å². The van der Waals surface area contributed by atoms with Gasteiger partial charge in [0.05, 0.1) is 17.0 Å². The normalized spacial score (nSPS) is 16.1. The smallest absolute Gasteiger partial charge is 0.266 e. The van der Waals surface area contributed by atoms with Crippen LogP contribution in [0.15, 0.2) is 24.3 Å². The maximum absolute atomic E-state index is 14.7. The highest BCUT2D eigenvalue weighted by molar-refractivity contribution is 5.87. The average molecular weight is 429 g/mol. The fourth-order valence-corrected chi connectivity index (χ4v) is 4.28. The molecular formula is C23H26F3N5. The number of piperidine rings is 1. The molecule has 164 valence electrons. The first kappa shape index (κ1) is 21.5. The maximum Gasteiger partial charge on any atom is 0.266 e. The molecule has 1 aliphatic heterocycles. The fraction of sp³-hybridized carbons (Fsp3) is 0.435. The Balaban J connectivity index is 1.74. The zero-order chi connectivity index (χ0) is 22.1. The van der Waals surface area contributed by atoms with Gasteiger partial charge < -0.3 is 10.6 Å². The summed E-state index contributed by atoms with van der Waals surface area (Å²) in [6.45, 7) is 7.43. The molecule has 0 bridgehead atoms. The molecule has 2 N–H and O–H groups in total. The van der Waals surface area contributed by atoms with Gasteiger partial charge in [0.15, 0.2) is 5.65 Å². The van der Waals surface area contributed by atoms with E-state index >= 15 is 0 Å². The molecule has 1 aliphatic rings. The quantitative estimate of drug-likeness (QED) is 0.572. The maximum atomic E-state index is 14.7. The summed E-state index contributed by atoms with van der Waals surface area (Å²) in [6.07, 6.45) is -0.800. The van der Waals surface area contributed by atoms with Crippen LogP contribution in [0.3, 0.4) is 0 Å². The number of fused-ring (bicyclic) bond motifs is 1. The van der Waals surface area contributed by atoms with Gasteiger partial charge in [0.25, 0.3) is 6.43 Å². The molecule has 0 radical (unpaired) electrons. The summed E-state index contributed by atoms with van der Waals surface area (Å²) in [7, 11) is 0. The van der Waals surface area contributed by atoms with E-state index in [0.717, 1.165) is 43.1 Å². The Morgan fingerprint density at radius 3 is 2.48 bits per heavy atom. The van der Waals surface area contributed by atoms with Gasteiger partial charge in [0, 0.05) is 11.3 Å². The van der Waals surface area contributed by atoms with Crippen LogP contribution in [-0.4, -0.2) is 28.0 Å². The Hall–Kier alpha value is -2.74. The number of hydrogen-bond acceptors (Lipinski definition) is 5. The predicted octanol–water partition coefficient (Wildman–Crippen LogP) is 5.36. The van der Waals surface area contributed by atoms with Gasteiger partial charge in [0.2, 0.25) is 0 Å². The zero-order valence-corrected chi connectivity index (χ0v) is 17.8. The van der Waals surface area contributed by atoms with Crippen molar-refractivity contribution < 1.29 is 13.2 Å². The summed E-state index contributed by atoms with van der Waals surface area (Å²) in [5, 5.41) is 7.34. The molecular weight excluding hydrogens is 403 g/mol. The number of alkyl halides is 2. The molecule has 1 fully saturated rings. The van der Waals surface area contributed by atoms with E-state index in [1.54, 1.807) is 13.8 Å². The van der Waals surface area contributed by atoms with Crippen molar-refractivity contribution in [1.29, 1.82) is 0 Å². The van der Waals surface area contributed by atoms with Crippen molar-refractivity contribution in [2.45, 2.75) is 52.0 Å². The molecule has 0 aliphatic carbocycles. The highest BCUT2D eigenvalue weighted by atomic mass is 19.3. The van der Waals surface area contributed by atoms with E-state index in [-0.39, 0.29) is 5.56 Å². The van der Waals surface area contributed by atoms with Gasteiger partial charge in [-0.05, 0) is 64.3 Å². The summed E-state index contributed by atoms with van der Waals surface area (Å²) in [6, 6.07) is 5.58. The number of nitrogens with one attached hydrogen (secondary N) is 2. The summed E-state index contributed by atoms with van der Waals surface area (Å²) in [5.74, 6) is 0.576. The minimum Gasteiger partial charge on any atom is -0.363 e. The molecule has 1 saturated heterocycles. The summed E-state index contributed by atoms with van der Waals surface area (Å²) in [5.41, 5.74) is 2.26. The number of halogens is 3. The molecule has 2 aromatic heterocycles. The number of benzene rings is 1. The largest absolute Gasteiger partial charge is 0.363 e. The molecule has 5 nitrogen and oxygen atoms in total. The lowest BCUT2D eigenvalue weighted by Crippen LogP contribution is -2.27. The molecule has 3 heterocycles. The van der Waals surface area contributed by atoms with Crippen LogP contribution in [0.5, 0.6) is 0 Å². The zero-order valence-electron chi connectivity index (χ0n) is 17.8. The third kappa shape index (κ3) is 4.35. The Morgan fingerprint density at radius 2 is 1.77 bits per heavy atom. The van der Waals surface area contributed by atoms with E-state index in [1.165, 1.54) is 17.7 Å². The molecule has 31 heavy (non-hydrogen) atoms. The van der Waals surface area contributed by atoms with Crippen LogP contribution in [0.4, 0.5) is 19.0 Å². The second-order valence-electron chi connectivity index (χ2n) is 8.10. The number of nitrogens with zero attached hydrogens (tertiary/aromatic N) is 3.